The number of nitro groups is 1. The largest absolute Gasteiger partial charge is 0.497 e. The number of para-hydroxylation sites is 1. The van der Waals surface area contributed by atoms with E-state index < -0.39 is 11.0 Å². The summed E-state index contributed by atoms with van der Waals surface area (Å²) in [4.78, 5) is 38.3. The summed E-state index contributed by atoms with van der Waals surface area (Å²) in [5.41, 5.74) is 0.981. The van der Waals surface area contributed by atoms with Crippen LogP contribution >= 0.6 is 0 Å². The highest BCUT2D eigenvalue weighted by atomic mass is 16.6. The van der Waals surface area contributed by atoms with Crippen molar-refractivity contribution in [1.82, 2.24) is 10.2 Å². The normalized spacial score (nSPS) is 12.5. The molecule has 0 saturated carbocycles. The molecule has 2 atom stereocenters. The molecule has 2 amide bonds. The van der Waals surface area contributed by atoms with E-state index in [9.17, 15) is 19.7 Å². The molecule has 2 rings (SSSR count). The lowest BCUT2D eigenvalue weighted by atomic mass is 10.1. The third-order valence-corrected chi connectivity index (χ3v) is 5.19. The monoisotopic (exact) mass is 427 g/mol. The van der Waals surface area contributed by atoms with Crippen LogP contribution in [0, 0.1) is 10.1 Å². The Kier molecular flexibility index (Phi) is 8.54. The van der Waals surface area contributed by atoms with E-state index in [1.807, 2.05) is 26.0 Å². The summed E-state index contributed by atoms with van der Waals surface area (Å²) in [6.45, 7) is 5.69. The van der Waals surface area contributed by atoms with Crippen LogP contribution in [0.1, 0.15) is 38.3 Å². The van der Waals surface area contributed by atoms with Gasteiger partial charge in [-0.3, -0.25) is 19.7 Å². The standard InChI is InChI=1S/C23H29N3O5/c1-5-16(2)24-23(28)17(3)25(15-18-9-8-11-20(13-18)31-4)22(27)14-19-10-6-7-12-21(19)26(29)30/h6-13,16-17H,5,14-15H2,1-4H3,(H,24,28)/t16-,17-/m1/s1. The van der Waals surface area contributed by atoms with Gasteiger partial charge in [-0.2, -0.15) is 0 Å². The van der Waals surface area contributed by atoms with Crippen molar-refractivity contribution >= 4 is 17.5 Å². The molecule has 8 heteroatoms. The molecule has 0 aliphatic rings. The van der Waals surface area contributed by atoms with Crippen molar-refractivity contribution in [3.8, 4) is 5.75 Å². The quantitative estimate of drug-likeness (QED) is 0.462. The third kappa shape index (κ3) is 6.53. The van der Waals surface area contributed by atoms with E-state index in [1.165, 1.54) is 11.0 Å². The number of rotatable bonds is 10. The van der Waals surface area contributed by atoms with Crippen LogP contribution in [0.2, 0.25) is 0 Å². The number of ether oxygens (including phenoxy) is 1. The predicted molar refractivity (Wildman–Crippen MR) is 118 cm³/mol. The smallest absolute Gasteiger partial charge is 0.273 e. The molecule has 1 N–H and O–H groups in total. The molecule has 8 nitrogen and oxygen atoms in total. The number of amides is 2. The Morgan fingerprint density at radius 1 is 1.16 bits per heavy atom. The fourth-order valence-electron chi connectivity index (χ4n) is 3.12. The minimum Gasteiger partial charge on any atom is -0.497 e. The molecule has 0 saturated heterocycles. The molecule has 31 heavy (non-hydrogen) atoms. The van der Waals surface area contributed by atoms with Gasteiger partial charge in [-0.25, -0.2) is 0 Å². The van der Waals surface area contributed by atoms with Crippen molar-refractivity contribution in [2.45, 2.75) is 52.2 Å². The molecular formula is C23H29N3O5. The second-order valence-corrected chi connectivity index (χ2v) is 7.43. The van der Waals surface area contributed by atoms with E-state index in [-0.39, 0.29) is 36.5 Å². The second-order valence-electron chi connectivity index (χ2n) is 7.43. The van der Waals surface area contributed by atoms with Gasteiger partial charge in [-0.15, -0.1) is 0 Å². The molecule has 0 aromatic heterocycles. The van der Waals surface area contributed by atoms with Gasteiger partial charge in [0.25, 0.3) is 5.69 Å². The molecule has 0 spiro atoms. The van der Waals surface area contributed by atoms with Crippen molar-refractivity contribution in [2.75, 3.05) is 7.11 Å². The minimum atomic E-state index is -0.754. The summed E-state index contributed by atoms with van der Waals surface area (Å²) in [6, 6.07) is 12.6. The number of nitrogens with zero attached hydrogens (tertiary/aromatic N) is 2. The highest BCUT2D eigenvalue weighted by Crippen LogP contribution is 2.21. The van der Waals surface area contributed by atoms with Crippen molar-refractivity contribution < 1.29 is 19.2 Å². The van der Waals surface area contributed by atoms with Crippen LogP contribution in [0.15, 0.2) is 48.5 Å². The van der Waals surface area contributed by atoms with Gasteiger partial charge in [-0.1, -0.05) is 37.3 Å². The van der Waals surface area contributed by atoms with E-state index >= 15 is 0 Å². The van der Waals surface area contributed by atoms with E-state index in [2.05, 4.69) is 5.32 Å². The maximum absolute atomic E-state index is 13.2. The summed E-state index contributed by atoms with van der Waals surface area (Å²) < 4.78 is 5.25. The van der Waals surface area contributed by atoms with E-state index in [1.54, 1.807) is 44.4 Å². The van der Waals surface area contributed by atoms with Crippen LogP contribution in [-0.2, 0) is 22.6 Å². The first-order valence-electron chi connectivity index (χ1n) is 10.2. The molecule has 0 aliphatic carbocycles. The number of nitro benzene ring substituents is 1. The summed E-state index contributed by atoms with van der Waals surface area (Å²) in [7, 11) is 1.55. The molecule has 0 unspecified atom stereocenters. The lowest BCUT2D eigenvalue weighted by Gasteiger charge is -2.30. The Morgan fingerprint density at radius 2 is 1.87 bits per heavy atom. The number of carbonyl (C=O) groups excluding carboxylic acids is 2. The number of hydrogen-bond acceptors (Lipinski definition) is 5. The number of benzene rings is 2. The Bertz CT molecular complexity index is 931. The average molecular weight is 428 g/mol. The van der Waals surface area contributed by atoms with E-state index in [0.717, 1.165) is 12.0 Å². The number of hydrogen-bond donors (Lipinski definition) is 1. The van der Waals surface area contributed by atoms with Gasteiger partial charge in [-0.05, 0) is 38.0 Å². The van der Waals surface area contributed by atoms with Crippen LogP contribution in [0.4, 0.5) is 5.69 Å². The van der Waals surface area contributed by atoms with Crippen LogP contribution in [0.25, 0.3) is 0 Å². The lowest BCUT2D eigenvalue weighted by Crippen LogP contribution is -2.49. The summed E-state index contributed by atoms with van der Waals surface area (Å²) >= 11 is 0. The SMILES string of the molecule is CC[C@@H](C)NC(=O)[C@@H](C)N(Cc1cccc(OC)c1)C(=O)Cc1ccccc1[N+](=O)[O-]. The predicted octanol–water partition coefficient (Wildman–Crippen LogP) is 3.48. The van der Waals surface area contributed by atoms with Gasteiger partial charge in [0.2, 0.25) is 11.8 Å². The summed E-state index contributed by atoms with van der Waals surface area (Å²) in [5.74, 6) is -0.00242. The Labute approximate surface area is 182 Å². The number of carbonyl (C=O) groups is 2. The molecule has 2 aromatic rings. The molecule has 166 valence electrons. The topological polar surface area (TPSA) is 102 Å². The van der Waals surface area contributed by atoms with Gasteiger partial charge < -0.3 is 15.0 Å². The molecule has 0 heterocycles. The van der Waals surface area contributed by atoms with Gasteiger partial charge in [0.05, 0.1) is 18.5 Å². The fourth-order valence-corrected chi connectivity index (χ4v) is 3.12. The van der Waals surface area contributed by atoms with Gasteiger partial charge >= 0.3 is 0 Å². The van der Waals surface area contributed by atoms with E-state index in [4.69, 9.17) is 4.74 Å². The Balaban J connectivity index is 2.32. The molecule has 2 aromatic carbocycles. The van der Waals surface area contributed by atoms with Crippen molar-refractivity contribution in [3.63, 3.8) is 0 Å². The first-order valence-corrected chi connectivity index (χ1v) is 10.2. The zero-order chi connectivity index (χ0) is 23.0. The number of nitrogens with one attached hydrogen (secondary N) is 1. The molecule has 0 fully saturated rings. The molecule has 0 radical (unpaired) electrons. The maximum Gasteiger partial charge on any atom is 0.273 e. The highest BCUT2D eigenvalue weighted by molar-refractivity contribution is 5.88. The van der Waals surface area contributed by atoms with Gasteiger partial charge in [0.15, 0.2) is 0 Å². The van der Waals surface area contributed by atoms with Gasteiger partial charge in [0, 0.05) is 24.2 Å². The molecule has 0 bridgehead atoms. The minimum absolute atomic E-state index is 0.0288. The zero-order valence-electron chi connectivity index (χ0n) is 18.3. The lowest BCUT2D eigenvalue weighted by molar-refractivity contribution is -0.385. The van der Waals surface area contributed by atoms with Crippen LogP contribution in [0.5, 0.6) is 5.75 Å². The summed E-state index contributed by atoms with van der Waals surface area (Å²) in [6.07, 6.45) is 0.584. The maximum atomic E-state index is 13.2. The van der Waals surface area contributed by atoms with Crippen molar-refractivity contribution in [2.24, 2.45) is 0 Å². The third-order valence-electron chi connectivity index (χ3n) is 5.19. The average Bonchev–Trinajstić information content (AvgIpc) is 2.77. The van der Waals surface area contributed by atoms with Crippen molar-refractivity contribution in [3.05, 3.63) is 69.8 Å². The van der Waals surface area contributed by atoms with Gasteiger partial charge in [0.1, 0.15) is 11.8 Å². The van der Waals surface area contributed by atoms with Crippen LogP contribution in [-0.4, -0.2) is 40.8 Å². The number of methoxy groups -OCH3 is 1. The van der Waals surface area contributed by atoms with Crippen LogP contribution < -0.4 is 10.1 Å². The zero-order valence-corrected chi connectivity index (χ0v) is 18.3. The first-order chi connectivity index (χ1) is 14.8. The van der Waals surface area contributed by atoms with Crippen molar-refractivity contribution in [1.29, 1.82) is 0 Å². The van der Waals surface area contributed by atoms with Crippen LogP contribution in [0.3, 0.4) is 0 Å². The molecular weight excluding hydrogens is 398 g/mol. The highest BCUT2D eigenvalue weighted by Gasteiger charge is 2.28. The Hall–Kier alpha value is -3.42. The second kappa shape index (κ2) is 11.1. The van der Waals surface area contributed by atoms with E-state index in [0.29, 0.717) is 11.3 Å². The Morgan fingerprint density at radius 3 is 2.52 bits per heavy atom. The molecule has 0 aliphatic heterocycles. The fraction of sp³-hybridized carbons (Fsp3) is 0.391. The summed E-state index contributed by atoms with van der Waals surface area (Å²) in [5, 5.41) is 14.2. The first kappa shape index (κ1) is 23.9.